The van der Waals surface area contributed by atoms with Crippen molar-refractivity contribution in [1.29, 1.82) is 0 Å². The Bertz CT molecular complexity index is 1920. The van der Waals surface area contributed by atoms with Crippen LogP contribution in [0.2, 0.25) is 0 Å². The van der Waals surface area contributed by atoms with Crippen molar-refractivity contribution in [2.24, 2.45) is 0 Å². The maximum atomic E-state index is 13.8. The smallest absolute Gasteiger partial charge is 0.264 e. The minimum atomic E-state index is -0.0264. The lowest BCUT2D eigenvalue weighted by molar-refractivity contribution is 1.19. The number of benzene rings is 5. The van der Waals surface area contributed by atoms with E-state index in [0.29, 0.717) is 5.65 Å². The van der Waals surface area contributed by atoms with E-state index in [-0.39, 0.29) is 5.56 Å². The molecule has 0 amide bonds. The van der Waals surface area contributed by atoms with Gasteiger partial charge in [0.15, 0.2) is 0 Å². The lowest BCUT2D eigenvalue weighted by atomic mass is 9.96. The Morgan fingerprint density at radius 3 is 2.06 bits per heavy atom. The zero-order valence-electron chi connectivity index (χ0n) is 20.0. The molecule has 0 fully saturated rings. The molecule has 0 aliphatic heterocycles. The topological polar surface area (TPSA) is 34.4 Å². The molecule has 3 heteroatoms. The van der Waals surface area contributed by atoms with Crippen molar-refractivity contribution in [2.45, 2.75) is 6.92 Å². The molecule has 2 heterocycles. The van der Waals surface area contributed by atoms with Crippen LogP contribution >= 0.6 is 0 Å². The Balaban J connectivity index is 0.000000765. The second-order valence-corrected chi connectivity index (χ2v) is 8.85. The third-order valence-corrected chi connectivity index (χ3v) is 6.52. The molecule has 0 saturated heterocycles. The lowest BCUT2D eigenvalue weighted by Crippen LogP contribution is -2.13. The highest BCUT2D eigenvalue weighted by molar-refractivity contribution is 6.16. The van der Waals surface area contributed by atoms with Crippen LogP contribution < -0.4 is 5.56 Å². The Kier molecular flexibility index (Phi) is 5.31. The summed E-state index contributed by atoms with van der Waals surface area (Å²) < 4.78 is 1.77. The Morgan fingerprint density at radius 2 is 1.36 bits per heavy atom. The average Bonchev–Trinajstić information content (AvgIpc) is 3.32. The number of rotatable bonds is 2. The van der Waals surface area contributed by atoms with Gasteiger partial charge in [-0.05, 0) is 58.8 Å². The molecule has 0 bridgehead atoms. The van der Waals surface area contributed by atoms with E-state index in [0.717, 1.165) is 54.8 Å². The Labute approximate surface area is 208 Å². The lowest BCUT2D eigenvalue weighted by Gasteiger charge is -2.10. The molecule has 36 heavy (non-hydrogen) atoms. The first-order chi connectivity index (χ1) is 17.7. The number of nitrogens with zero attached hydrogens (tertiary/aromatic N) is 2. The molecule has 7 rings (SSSR count). The second kappa shape index (κ2) is 8.79. The van der Waals surface area contributed by atoms with Crippen LogP contribution in [-0.2, 0) is 0 Å². The van der Waals surface area contributed by atoms with Gasteiger partial charge in [0.25, 0.3) is 5.56 Å². The molecule has 0 saturated carbocycles. The van der Waals surface area contributed by atoms with E-state index in [2.05, 4.69) is 61.2 Å². The highest BCUT2D eigenvalue weighted by Crippen LogP contribution is 2.34. The van der Waals surface area contributed by atoms with Gasteiger partial charge in [-0.1, -0.05) is 91.0 Å². The summed E-state index contributed by atoms with van der Waals surface area (Å²) in [5.41, 5.74) is 6.72. The first-order valence-corrected chi connectivity index (χ1v) is 12.0. The summed E-state index contributed by atoms with van der Waals surface area (Å²) in [6.07, 6.45) is 1.75. The molecule has 0 radical (unpaired) electrons. The SMILES string of the molecule is C=CC.O=c1c2cc(-c3ccccc3)cc3cccc(c32)c2nc3cc(-c4ccccc4)ccc3n12. The fraction of sp³-hybridized carbons (Fsp3) is 0.0303. The third-order valence-electron chi connectivity index (χ3n) is 6.52. The van der Waals surface area contributed by atoms with Gasteiger partial charge in [0.2, 0.25) is 0 Å². The van der Waals surface area contributed by atoms with Crippen molar-refractivity contribution in [1.82, 2.24) is 9.38 Å². The van der Waals surface area contributed by atoms with Crippen molar-refractivity contribution in [2.75, 3.05) is 0 Å². The summed E-state index contributed by atoms with van der Waals surface area (Å²) in [5.74, 6) is 0. The summed E-state index contributed by atoms with van der Waals surface area (Å²) in [6, 6.07) is 37.0. The van der Waals surface area contributed by atoms with Crippen LogP contribution in [0, 0.1) is 0 Å². The first-order valence-electron chi connectivity index (χ1n) is 12.0. The van der Waals surface area contributed by atoms with E-state index in [1.165, 1.54) is 0 Å². The van der Waals surface area contributed by atoms with Crippen LogP contribution in [0.25, 0.3) is 60.5 Å². The highest BCUT2D eigenvalue weighted by Gasteiger charge is 2.17. The van der Waals surface area contributed by atoms with E-state index < -0.39 is 0 Å². The Hall–Kier alpha value is -4.76. The van der Waals surface area contributed by atoms with Crippen LogP contribution in [-0.4, -0.2) is 9.38 Å². The summed E-state index contributed by atoms with van der Waals surface area (Å²) in [7, 11) is 0. The predicted octanol–water partition coefficient (Wildman–Crippen LogP) is 8.12. The number of imidazole rings is 1. The van der Waals surface area contributed by atoms with Gasteiger partial charge in [-0.3, -0.25) is 9.20 Å². The van der Waals surface area contributed by atoms with Gasteiger partial charge < -0.3 is 0 Å². The van der Waals surface area contributed by atoms with Gasteiger partial charge in [0, 0.05) is 16.2 Å². The van der Waals surface area contributed by atoms with Crippen molar-refractivity contribution in [3.63, 3.8) is 0 Å². The molecule has 0 unspecified atom stereocenters. The van der Waals surface area contributed by atoms with Gasteiger partial charge in [-0.2, -0.15) is 0 Å². The van der Waals surface area contributed by atoms with Crippen molar-refractivity contribution in [3.8, 4) is 22.3 Å². The van der Waals surface area contributed by atoms with Crippen LogP contribution in [0.3, 0.4) is 0 Å². The Morgan fingerprint density at radius 1 is 0.694 bits per heavy atom. The van der Waals surface area contributed by atoms with Crippen molar-refractivity contribution < 1.29 is 0 Å². The fourth-order valence-electron chi connectivity index (χ4n) is 4.98. The molecule has 2 aromatic heterocycles. The van der Waals surface area contributed by atoms with Gasteiger partial charge in [-0.15, -0.1) is 6.58 Å². The maximum Gasteiger partial charge on any atom is 0.264 e. The number of allylic oxidation sites excluding steroid dienone is 1. The molecule has 172 valence electrons. The minimum absolute atomic E-state index is 0.0264. The number of hydrogen-bond acceptors (Lipinski definition) is 2. The van der Waals surface area contributed by atoms with Gasteiger partial charge in [0.1, 0.15) is 5.65 Å². The standard InChI is InChI=1S/C30H18N2O.C3H6/c33-30-25-17-23(20-10-5-2-6-11-20)16-22-12-7-13-24(28(22)25)29-31-26-18-21(14-15-27(26)32(29)30)19-8-3-1-4-9-19;1-3-2/h1-18H;3H,1H2,2H3. The second-order valence-electron chi connectivity index (χ2n) is 8.85. The first kappa shape index (κ1) is 21.8. The number of hydrogen-bond donors (Lipinski definition) is 0. The van der Waals surface area contributed by atoms with Crippen molar-refractivity contribution >= 4 is 38.2 Å². The van der Waals surface area contributed by atoms with E-state index in [4.69, 9.17) is 4.98 Å². The molecule has 0 aliphatic rings. The van der Waals surface area contributed by atoms with Crippen LogP contribution in [0.1, 0.15) is 6.92 Å². The zero-order chi connectivity index (χ0) is 24.6. The van der Waals surface area contributed by atoms with Crippen molar-refractivity contribution in [3.05, 3.63) is 132 Å². The third kappa shape index (κ3) is 3.45. The molecule has 0 spiro atoms. The van der Waals surface area contributed by atoms with Gasteiger partial charge >= 0.3 is 0 Å². The molecular formula is C33H24N2O. The van der Waals surface area contributed by atoms with E-state index >= 15 is 0 Å². The molecular weight excluding hydrogens is 440 g/mol. The highest BCUT2D eigenvalue weighted by atomic mass is 16.1. The fourth-order valence-corrected chi connectivity index (χ4v) is 4.98. The minimum Gasteiger partial charge on any atom is -0.268 e. The molecule has 0 N–H and O–H groups in total. The molecule has 0 atom stereocenters. The quantitative estimate of drug-likeness (QED) is 0.242. The number of aromatic nitrogens is 2. The normalized spacial score (nSPS) is 11.1. The van der Waals surface area contributed by atoms with E-state index in [1.54, 1.807) is 10.5 Å². The number of pyridine rings is 1. The monoisotopic (exact) mass is 464 g/mol. The largest absolute Gasteiger partial charge is 0.268 e. The summed E-state index contributed by atoms with van der Waals surface area (Å²) in [4.78, 5) is 18.8. The summed E-state index contributed by atoms with van der Waals surface area (Å²) >= 11 is 0. The molecule has 5 aromatic carbocycles. The van der Waals surface area contributed by atoms with Crippen LogP contribution in [0.5, 0.6) is 0 Å². The molecule has 0 aliphatic carbocycles. The average molecular weight is 465 g/mol. The van der Waals surface area contributed by atoms with E-state index in [1.807, 2.05) is 61.5 Å². The summed E-state index contributed by atoms with van der Waals surface area (Å²) in [6.45, 7) is 5.25. The zero-order valence-corrected chi connectivity index (χ0v) is 20.0. The number of fused-ring (bicyclic) bond motifs is 4. The van der Waals surface area contributed by atoms with Gasteiger partial charge in [0.05, 0.1) is 11.0 Å². The molecule has 7 aromatic rings. The van der Waals surface area contributed by atoms with Gasteiger partial charge in [-0.25, -0.2) is 4.98 Å². The predicted molar refractivity (Wildman–Crippen MR) is 152 cm³/mol. The summed E-state index contributed by atoms with van der Waals surface area (Å²) in [5, 5.41) is 3.76. The van der Waals surface area contributed by atoms with Crippen LogP contribution in [0.15, 0.2) is 127 Å². The van der Waals surface area contributed by atoms with E-state index in [9.17, 15) is 4.79 Å². The maximum absolute atomic E-state index is 13.8. The van der Waals surface area contributed by atoms with Crippen LogP contribution in [0.4, 0.5) is 0 Å². The molecule has 3 nitrogen and oxygen atoms in total.